The molecule has 0 saturated heterocycles. The lowest BCUT2D eigenvalue weighted by molar-refractivity contribution is -0.385. The van der Waals surface area contributed by atoms with E-state index in [0.717, 1.165) is 13.9 Å². The number of para-hydroxylation sites is 1. The van der Waals surface area contributed by atoms with Crippen molar-refractivity contribution in [3.63, 3.8) is 0 Å². The fourth-order valence-electron chi connectivity index (χ4n) is 1.94. The number of benzene rings is 2. The Bertz CT molecular complexity index is 836. The van der Waals surface area contributed by atoms with Crippen molar-refractivity contribution in [3.8, 4) is 0 Å². The highest BCUT2D eigenvalue weighted by atomic mass is 127. The van der Waals surface area contributed by atoms with Crippen LogP contribution in [-0.4, -0.2) is 20.4 Å². The molecule has 0 unspecified atom stereocenters. The summed E-state index contributed by atoms with van der Waals surface area (Å²) in [7, 11) is -2.43. The summed E-state index contributed by atoms with van der Waals surface area (Å²) in [5.41, 5.74) is 0.726. The summed E-state index contributed by atoms with van der Waals surface area (Å²) in [6.45, 7) is 1.57. The van der Waals surface area contributed by atoms with Crippen LogP contribution in [0.3, 0.4) is 0 Å². The highest BCUT2D eigenvalue weighted by molar-refractivity contribution is 14.1. The molecular formula is C14H13IN2O4S. The monoisotopic (exact) mass is 432 g/mol. The number of halogens is 1. The topological polar surface area (TPSA) is 80.5 Å². The molecule has 0 aliphatic carbocycles. The van der Waals surface area contributed by atoms with Crippen molar-refractivity contribution >= 4 is 44.0 Å². The molecule has 22 heavy (non-hydrogen) atoms. The Morgan fingerprint density at radius 1 is 1.18 bits per heavy atom. The van der Waals surface area contributed by atoms with E-state index in [1.54, 1.807) is 25.1 Å². The molecule has 0 N–H and O–H groups in total. The second-order valence-corrected chi connectivity index (χ2v) is 7.76. The van der Waals surface area contributed by atoms with Crippen LogP contribution in [0.1, 0.15) is 5.56 Å². The lowest BCUT2D eigenvalue weighted by atomic mass is 10.2. The molecule has 2 aromatic rings. The molecule has 0 atom stereocenters. The summed E-state index contributed by atoms with van der Waals surface area (Å²) in [6, 6.07) is 10.9. The maximum atomic E-state index is 12.7. The van der Waals surface area contributed by atoms with Gasteiger partial charge in [-0.1, -0.05) is 18.2 Å². The van der Waals surface area contributed by atoms with E-state index in [4.69, 9.17) is 0 Å². The molecule has 0 aliphatic rings. The fraction of sp³-hybridized carbons (Fsp3) is 0.143. The quantitative estimate of drug-likeness (QED) is 0.422. The predicted molar refractivity (Wildman–Crippen MR) is 92.6 cm³/mol. The number of anilines is 1. The Balaban J connectivity index is 2.54. The molecule has 2 aromatic carbocycles. The van der Waals surface area contributed by atoms with Crippen molar-refractivity contribution in [1.82, 2.24) is 0 Å². The van der Waals surface area contributed by atoms with Gasteiger partial charge in [-0.2, -0.15) is 0 Å². The van der Waals surface area contributed by atoms with Crippen LogP contribution >= 0.6 is 22.6 Å². The third kappa shape index (κ3) is 3.07. The fourth-order valence-corrected chi connectivity index (χ4v) is 4.09. The van der Waals surface area contributed by atoms with Gasteiger partial charge in [0, 0.05) is 22.2 Å². The van der Waals surface area contributed by atoms with Gasteiger partial charge in [-0.3, -0.25) is 14.4 Å². The van der Waals surface area contributed by atoms with Gasteiger partial charge in [0.1, 0.15) is 0 Å². The molecule has 116 valence electrons. The Morgan fingerprint density at radius 3 is 2.41 bits per heavy atom. The van der Waals surface area contributed by atoms with E-state index in [-0.39, 0.29) is 10.6 Å². The van der Waals surface area contributed by atoms with Crippen molar-refractivity contribution in [2.24, 2.45) is 0 Å². The van der Waals surface area contributed by atoms with E-state index < -0.39 is 14.9 Å². The van der Waals surface area contributed by atoms with Gasteiger partial charge in [0.05, 0.1) is 15.5 Å². The SMILES string of the molecule is Cc1ccc(S(=O)(=O)N(C)c2ccccc2I)cc1[N+](=O)[O-]. The Morgan fingerprint density at radius 2 is 1.82 bits per heavy atom. The number of hydrogen-bond acceptors (Lipinski definition) is 4. The van der Waals surface area contributed by atoms with Crippen LogP contribution in [0.4, 0.5) is 11.4 Å². The van der Waals surface area contributed by atoms with Gasteiger partial charge >= 0.3 is 0 Å². The predicted octanol–water partition coefficient (Wildman–Crippen LogP) is 3.33. The Kier molecular flexibility index (Phi) is 4.71. The van der Waals surface area contributed by atoms with Crippen molar-refractivity contribution < 1.29 is 13.3 Å². The molecule has 0 heterocycles. The number of rotatable bonds is 4. The summed E-state index contributed by atoms with van der Waals surface area (Å²) >= 11 is 2.04. The number of nitrogens with zero attached hydrogens (tertiary/aromatic N) is 2. The largest absolute Gasteiger partial charge is 0.273 e. The number of aryl methyl sites for hydroxylation is 1. The van der Waals surface area contributed by atoms with Gasteiger partial charge in [0.2, 0.25) is 0 Å². The van der Waals surface area contributed by atoms with E-state index in [9.17, 15) is 18.5 Å². The first-order chi connectivity index (χ1) is 10.2. The summed E-state index contributed by atoms with van der Waals surface area (Å²) in [5, 5.41) is 11.0. The van der Waals surface area contributed by atoms with Crippen LogP contribution in [0.5, 0.6) is 0 Å². The Hall–Kier alpha value is -1.68. The molecule has 0 spiro atoms. The third-order valence-electron chi connectivity index (χ3n) is 3.23. The third-order valence-corrected chi connectivity index (χ3v) is 5.91. The van der Waals surface area contributed by atoms with Crippen molar-refractivity contribution in [2.45, 2.75) is 11.8 Å². The number of sulfonamides is 1. The molecule has 0 aliphatic heterocycles. The highest BCUT2D eigenvalue weighted by Gasteiger charge is 2.25. The van der Waals surface area contributed by atoms with Gasteiger partial charge in [0.25, 0.3) is 15.7 Å². The van der Waals surface area contributed by atoms with E-state index in [1.165, 1.54) is 19.2 Å². The molecule has 0 radical (unpaired) electrons. The minimum absolute atomic E-state index is 0.105. The zero-order valence-corrected chi connectivity index (χ0v) is 14.8. The van der Waals surface area contributed by atoms with E-state index >= 15 is 0 Å². The second-order valence-electron chi connectivity index (χ2n) is 4.63. The lowest BCUT2D eigenvalue weighted by Crippen LogP contribution is -2.27. The van der Waals surface area contributed by atoms with Gasteiger partial charge in [-0.15, -0.1) is 0 Å². The average Bonchev–Trinajstić information content (AvgIpc) is 2.47. The van der Waals surface area contributed by atoms with Gasteiger partial charge in [0.15, 0.2) is 0 Å². The molecule has 0 amide bonds. The van der Waals surface area contributed by atoms with E-state index in [0.29, 0.717) is 11.3 Å². The smallest absolute Gasteiger partial charge is 0.268 e. The van der Waals surface area contributed by atoms with Gasteiger partial charge < -0.3 is 0 Å². The summed E-state index contributed by atoms with van der Waals surface area (Å²) in [6.07, 6.45) is 0. The first kappa shape index (κ1) is 16.7. The normalized spacial score (nSPS) is 11.2. The molecule has 2 rings (SSSR count). The van der Waals surface area contributed by atoms with Crippen molar-refractivity contribution in [3.05, 3.63) is 61.7 Å². The standard InChI is InChI=1S/C14H13IN2O4S/c1-10-7-8-11(9-14(10)17(18)19)22(20,21)16(2)13-6-4-3-5-12(13)15/h3-9H,1-2H3. The summed E-state index contributed by atoms with van der Waals surface area (Å²) < 4.78 is 27.2. The lowest BCUT2D eigenvalue weighted by Gasteiger charge is -2.20. The van der Waals surface area contributed by atoms with Crippen LogP contribution in [0.25, 0.3) is 0 Å². The first-order valence-corrected chi connectivity index (χ1v) is 8.75. The van der Waals surface area contributed by atoms with Crippen LogP contribution in [0.15, 0.2) is 47.4 Å². The van der Waals surface area contributed by atoms with Gasteiger partial charge in [-0.25, -0.2) is 8.42 Å². The number of nitro benzene ring substituents is 1. The second kappa shape index (κ2) is 6.21. The van der Waals surface area contributed by atoms with Crippen LogP contribution < -0.4 is 4.31 Å². The summed E-state index contributed by atoms with van der Waals surface area (Å²) in [5.74, 6) is 0. The minimum atomic E-state index is -3.86. The van der Waals surface area contributed by atoms with Crippen molar-refractivity contribution in [1.29, 1.82) is 0 Å². The number of nitro groups is 1. The molecule has 0 saturated carbocycles. The van der Waals surface area contributed by atoms with Crippen LogP contribution in [-0.2, 0) is 10.0 Å². The zero-order valence-electron chi connectivity index (χ0n) is 11.9. The zero-order chi connectivity index (χ0) is 16.5. The van der Waals surface area contributed by atoms with Crippen LogP contribution in [0.2, 0.25) is 0 Å². The molecule has 6 nitrogen and oxygen atoms in total. The highest BCUT2D eigenvalue weighted by Crippen LogP contribution is 2.29. The van der Waals surface area contributed by atoms with Crippen LogP contribution in [0, 0.1) is 20.6 Å². The molecule has 0 bridgehead atoms. The Labute approximate surface area is 142 Å². The molecule has 8 heteroatoms. The average molecular weight is 432 g/mol. The van der Waals surface area contributed by atoms with Crippen molar-refractivity contribution in [2.75, 3.05) is 11.4 Å². The molecule has 0 aromatic heterocycles. The number of hydrogen-bond donors (Lipinski definition) is 0. The van der Waals surface area contributed by atoms with E-state index in [1.807, 2.05) is 28.7 Å². The molecular weight excluding hydrogens is 419 g/mol. The van der Waals surface area contributed by atoms with Gasteiger partial charge in [-0.05, 0) is 47.7 Å². The maximum Gasteiger partial charge on any atom is 0.273 e. The maximum absolute atomic E-state index is 12.7. The molecule has 0 fully saturated rings. The minimum Gasteiger partial charge on any atom is -0.268 e. The summed E-state index contributed by atoms with van der Waals surface area (Å²) in [4.78, 5) is 10.3. The van der Waals surface area contributed by atoms with E-state index in [2.05, 4.69) is 0 Å². The first-order valence-electron chi connectivity index (χ1n) is 6.23.